The Balaban J connectivity index is 3.71. The highest BCUT2D eigenvalue weighted by Crippen LogP contribution is 2.42. The van der Waals surface area contributed by atoms with Crippen molar-refractivity contribution in [2.24, 2.45) is 0 Å². The van der Waals surface area contributed by atoms with Gasteiger partial charge in [-0.2, -0.15) is 0 Å². The van der Waals surface area contributed by atoms with Gasteiger partial charge in [-0.3, -0.25) is 18.6 Å². The molecule has 0 aliphatic carbocycles. The number of nitrogens with one attached hydrogen (secondary N) is 1. The zero-order chi connectivity index (χ0) is 36.8. The number of aliphatic hydroxyl groups is 1. The molecule has 3 N–H and O–H groups in total. The average molecular weight is 722 g/mol. The van der Waals surface area contributed by atoms with E-state index in [9.17, 15) is 24.2 Å². The minimum atomic E-state index is -4.42. The molecule has 1 amide bonds. The minimum absolute atomic E-state index is 0.0585. The molecular formula is C40H68NO8P. The molecule has 10 heteroatoms. The quantitative estimate of drug-likeness (QED) is 0.0259. The number of aliphatic hydroxyl groups excluding tert-OH is 1. The smallest absolute Gasteiger partial charge is 0.463 e. The van der Waals surface area contributed by atoms with Gasteiger partial charge in [0.15, 0.2) is 0 Å². The van der Waals surface area contributed by atoms with E-state index in [-0.39, 0.29) is 32.1 Å². The first-order valence-electron chi connectivity index (χ1n) is 18.9. The second-order valence-corrected chi connectivity index (χ2v) is 13.6. The molecule has 0 heterocycles. The van der Waals surface area contributed by atoms with Crippen molar-refractivity contribution < 1.29 is 37.9 Å². The molecule has 0 rings (SSSR count). The number of rotatable bonds is 34. The molecule has 2 unspecified atom stereocenters. The highest BCUT2D eigenvalue weighted by molar-refractivity contribution is 7.47. The summed E-state index contributed by atoms with van der Waals surface area (Å²) in [5, 5.41) is 12.6. The van der Waals surface area contributed by atoms with E-state index in [2.05, 4.69) is 92.1 Å². The Hall–Kier alpha value is -2.55. The van der Waals surface area contributed by atoms with Crippen LogP contribution >= 0.6 is 7.82 Å². The van der Waals surface area contributed by atoms with Crippen LogP contribution < -0.4 is 5.32 Å². The summed E-state index contributed by atoms with van der Waals surface area (Å²) in [5.74, 6) is -0.569. The molecule has 0 saturated carbocycles. The Morgan fingerprint density at radius 3 is 1.76 bits per heavy atom. The molecule has 9 nitrogen and oxygen atoms in total. The van der Waals surface area contributed by atoms with Crippen LogP contribution in [0.25, 0.3) is 0 Å². The maximum absolute atomic E-state index is 12.0. The van der Waals surface area contributed by atoms with Gasteiger partial charge in [-0.1, -0.05) is 119 Å². The molecule has 0 saturated heterocycles. The van der Waals surface area contributed by atoms with Gasteiger partial charge in [0.05, 0.1) is 13.2 Å². The van der Waals surface area contributed by atoms with Crippen molar-refractivity contribution in [2.45, 2.75) is 142 Å². The van der Waals surface area contributed by atoms with Gasteiger partial charge in [-0.15, -0.1) is 0 Å². The van der Waals surface area contributed by atoms with Gasteiger partial charge in [-0.25, -0.2) is 4.57 Å². The van der Waals surface area contributed by atoms with Crippen molar-refractivity contribution in [1.29, 1.82) is 0 Å². The first-order valence-corrected chi connectivity index (χ1v) is 20.4. The van der Waals surface area contributed by atoms with Gasteiger partial charge in [0.2, 0.25) is 5.91 Å². The lowest BCUT2D eigenvalue weighted by Crippen LogP contribution is -2.27. The van der Waals surface area contributed by atoms with Gasteiger partial charge in [0, 0.05) is 19.4 Å². The molecule has 286 valence electrons. The van der Waals surface area contributed by atoms with E-state index < -0.39 is 26.5 Å². The predicted molar refractivity (Wildman–Crippen MR) is 206 cm³/mol. The van der Waals surface area contributed by atoms with Crippen LogP contribution in [0.15, 0.2) is 72.9 Å². The molecule has 0 spiro atoms. The Labute approximate surface area is 303 Å². The van der Waals surface area contributed by atoms with Crippen molar-refractivity contribution in [3.63, 3.8) is 0 Å². The van der Waals surface area contributed by atoms with Crippen LogP contribution in [0.3, 0.4) is 0 Å². The summed E-state index contributed by atoms with van der Waals surface area (Å²) in [7, 11) is -4.42. The Bertz CT molecular complexity index is 1050. The molecule has 0 aromatic heterocycles. The van der Waals surface area contributed by atoms with Crippen LogP contribution in [0.4, 0.5) is 0 Å². The number of amides is 1. The number of ether oxygens (including phenoxy) is 1. The predicted octanol–water partition coefficient (Wildman–Crippen LogP) is 9.93. The molecule has 50 heavy (non-hydrogen) atoms. The summed E-state index contributed by atoms with van der Waals surface area (Å²) in [6.45, 7) is 3.28. The molecule has 0 radical (unpaired) electrons. The SMILES string of the molecule is CC/C=C\C/C=C\C/C=C\C/C=C\C/C=C\CCCCCC(=O)NCCOP(=O)(O)OCC(O)COC(=O)CCCCCCC/C=C\CCC. The van der Waals surface area contributed by atoms with Gasteiger partial charge in [-0.05, 0) is 77.0 Å². The van der Waals surface area contributed by atoms with Crippen LogP contribution in [0.5, 0.6) is 0 Å². The van der Waals surface area contributed by atoms with Crippen LogP contribution in [-0.4, -0.2) is 54.3 Å². The van der Waals surface area contributed by atoms with E-state index in [1.54, 1.807) is 0 Å². The summed E-state index contributed by atoms with van der Waals surface area (Å²) in [6, 6.07) is 0. The largest absolute Gasteiger partial charge is 0.472 e. The molecule has 0 fully saturated rings. The number of allylic oxidation sites excluding steroid dienone is 12. The molecule has 0 aliphatic heterocycles. The Morgan fingerprint density at radius 1 is 0.640 bits per heavy atom. The molecule has 2 atom stereocenters. The number of esters is 1. The highest BCUT2D eigenvalue weighted by Gasteiger charge is 2.23. The maximum Gasteiger partial charge on any atom is 0.472 e. The number of carbonyl (C=O) groups excluding carboxylic acids is 2. The van der Waals surface area contributed by atoms with E-state index in [0.717, 1.165) is 103 Å². The normalized spacial score (nSPS) is 14.2. The van der Waals surface area contributed by atoms with Gasteiger partial charge in [0.1, 0.15) is 12.7 Å². The van der Waals surface area contributed by atoms with E-state index >= 15 is 0 Å². The summed E-state index contributed by atoms with van der Waals surface area (Å²) >= 11 is 0. The topological polar surface area (TPSA) is 131 Å². The van der Waals surface area contributed by atoms with E-state index in [1.807, 2.05) is 0 Å². The first kappa shape index (κ1) is 47.4. The second kappa shape index (κ2) is 36.2. The zero-order valence-electron chi connectivity index (χ0n) is 31.1. The van der Waals surface area contributed by atoms with Crippen molar-refractivity contribution in [2.75, 3.05) is 26.4 Å². The minimum Gasteiger partial charge on any atom is -0.463 e. The highest BCUT2D eigenvalue weighted by atomic mass is 31.2. The van der Waals surface area contributed by atoms with Crippen molar-refractivity contribution in [1.82, 2.24) is 5.32 Å². The Kier molecular flexibility index (Phi) is 34.4. The van der Waals surface area contributed by atoms with Crippen molar-refractivity contribution in [3.8, 4) is 0 Å². The molecular weight excluding hydrogens is 653 g/mol. The molecule has 0 aromatic rings. The summed E-state index contributed by atoms with van der Waals surface area (Å²) in [4.78, 5) is 33.7. The van der Waals surface area contributed by atoms with Gasteiger partial charge < -0.3 is 20.1 Å². The van der Waals surface area contributed by atoms with Crippen LogP contribution in [0.1, 0.15) is 136 Å². The van der Waals surface area contributed by atoms with Crippen molar-refractivity contribution >= 4 is 19.7 Å². The van der Waals surface area contributed by atoms with Crippen LogP contribution in [0.2, 0.25) is 0 Å². The van der Waals surface area contributed by atoms with Gasteiger partial charge in [0.25, 0.3) is 0 Å². The number of hydrogen-bond acceptors (Lipinski definition) is 7. The van der Waals surface area contributed by atoms with Crippen molar-refractivity contribution in [3.05, 3.63) is 72.9 Å². The van der Waals surface area contributed by atoms with Gasteiger partial charge >= 0.3 is 13.8 Å². The van der Waals surface area contributed by atoms with Crippen LogP contribution in [-0.2, 0) is 27.9 Å². The fourth-order valence-electron chi connectivity index (χ4n) is 4.52. The number of phosphoric ester groups is 1. The van der Waals surface area contributed by atoms with E-state index in [4.69, 9.17) is 13.8 Å². The third-order valence-corrected chi connectivity index (χ3v) is 8.34. The lowest BCUT2D eigenvalue weighted by Gasteiger charge is -2.15. The maximum atomic E-state index is 12.0. The Morgan fingerprint density at radius 2 is 1.14 bits per heavy atom. The van der Waals surface area contributed by atoms with E-state index in [1.165, 1.54) is 6.42 Å². The second-order valence-electron chi connectivity index (χ2n) is 12.2. The number of unbranched alkanes of at least 4 members (excludes halogenated alkanes) is 9. The molecule has 0 aliphatic rings. The summed E-state index contributed by atoms with van der Waals surface area (Å²) < 4.78 is 26.7. The molecule has 0 bridgehead atoms. The fraction of sp³-hybridized carbons (Fsp3) is 0.650. The third kappa shape index (κ3) is 36.7. The summed E-state index contributed by atoms with van der Waals surface area (Å²) in [5.41, 5.74) is 0. The third-order valence-electron chi connectivity index (χ3n) is 7.35. The first-order chi connectivity index (χ1) is 24.3. The summed E-state index contributed by atoms with van der Waals surface area (Å²) in [6.07, 6.45) is 42.7. The number of carbonyl (C=O) groups is 2. The fourth-order valence-corrected chi connectivity index (χ4v) is 5.28. The van der Waals surface area contributed by atoms with Crippen LogP contribution in [0, 0.1) is 0 Å². The molecule has 0 aromatic carbocycles. The monoisotopic (exact) mass is 721 g/mol. The number of phosphoric acid groups is 1. The number of hydrogen-bond donors (Lipinski definition) is 3. The lowest BCUT2D eigenvalue weighted by molar-refractivity contribution is -0.147. The lowest BCUT2D eigenvalue weighted by atomic mass is 10.1. The standard InChI is InChI=1S/C40H68NO8P/c1-3-5-7-9-11-13-15-16-17-18-19-20-21-22-23-24-26-28-30-32-39(43)41-34-35-48-50(45,46)49-37-38(42)36-47-40(44)33-31-29-27-25-14-12-10-8-6-4-2/h5,7-8,10-11,13,16-17,19-20,22-23,38,42H,3-4,6,9,12,14-15,18,21,24-37H2,1-2H3,(H,41,43)(H,45,46)/b7-5-,10-8-,13-11-,17-16-,20-19-,23-22-. The zero-order valence-corrected chi connectivity index (χ0v) is 32.0. The average Bonchev–Trinajstić information content (AvgIpc) is 3.10. The van der Waals surface area contributed by atoms with E-state index in [0.29, 0.717) is 6.42 Å².